The highest BCUT2D eigenvalue weighted by atomic mass is 32.1. The maximum Gasteiger partial charge on any atom is 0.257 e. The van der Waals surface area contributed by atoms with Crippen LogP contribution in [-0.4, -0.2) is 34.9 Å². The zero-order valence-electron chi connectivity index (χ0n) is 17.1. The zero-order valence-corrected chi connectivity index (χ0v) is 17.9. The fourth-order valence-electron chi connectivity index (χ4n) is 3.16. The Morgan fingerprint density at radius 1 is 1.32 bits per heavy atom. The molecule has 1 aliphatic heterocycles. The van der Waals surface area contributed by atoms with Crippen molar-refractivity contribution in [1.82, 2.24) is 9.97 Å². The lowest BCUT2D eigenvalue weighted by Gasteiger charge is -2.29. The number of benzene rings is 1. The maximum absolute atomic E-state index is 12.9. The summed E-state index contributed by atoms with van der Waals surface area (Å²) in [7, 11) is 0. The summed E-state index contributed by atoms with van der Waals surface area (Å²) in [5.41, 5.74) is 4.07. The number of rotatable bonds is 8. The zero-order chi connectivity index (χ0) is 21.6. The van der Waals surface area contributed by atoms with Crippen LogP contribution in [0.25, 0.3) is 0 Å². The number of anilines is 3. The first-order valence-corrected chi connectivity index (χ1v) is 11.0. The molecule has 2 aromatic heterocycles. The van der Waals surface area contributed by atoms with Gasteiger partial charge in [0.15, 0.2) is 5.82 Å². The topological polar surface area (TPSA) is 96.4 Å². The Bertz CT molecular complexity index is 1070. The van der Waals surface area contributed by atoms with Crippen LogP contribution in [-0.2, 0) is 11.3 Å². The molecule has 0 bridgehead atoms. The lowest BCUT2D eigenvalue weighted by Crippen LogP contribution is -2.40. The van der Waals surface area contributed by atoms with Gasteiger partial charge in [-0.1, -0.05) is 19.4 Å². The fraction of sp³-hybridized carbons (Fsp3) is 0.273. The van der Waals surface area contributed by atoms with Gasteiger partial charge >= 0.3 is 0 Å². The van der Waals surface area contributed by atoms with E-state index in [0.717, 1.165) is 18.5 Å². The lowest BCUT2D eigenvalue weighted by atomic mass is 10.1. The number of aromatic nitrogens is 2. The summed E-state index contributed by atoms with van der Waals surface area (Å²) in [5, 5.41) is 7.77. The summed E-state index contributed by atoms with van der Waals surface area (Å²) in [4.78, 5) is 35.6. The molecule has 0 unspecified atom stereocenters. The van der Waals surface area contributed by atoms with Gasteiger partial charge in [-0.15, -0.1) is 11.3 Å². The molecule has 9 heteroatoms. The smallest absolute Gasteiger partial charge is 0.257 e. The minimum absolute atomic E-state index is 0.100. The van der Waals surface area contributed by atoms with Gasteiger partial charge in [0, 0.05) is 23.3 Å². The van der Waals surface area contributed by atoms with Gasteiger partial charge in [-0.05, 0) is 24.6 Å². The van der Waals surface area contributed by atoms with Crippen LogP contribution in [0.3, 0.4) is 0 Å². The first kappa shape index (κ1) is 20.8. The van der Waals surface area contributed by atoms with Gasteiger partial charge in [0.25, 0.3) is 5.91 Å². The molecule has 0 radical (unpaired) electrons. The summed E-state index contributed by atoms with van der Waals surface area (Å²) >= 11 is 1.47. The van der Waals surface area contributed by atoms with Gasteiger partial charge in [-0.25, -0.2) is 9.97 Å². The number of carbonyl (C=O) groups excluding carboxylic acids is 2. The van der Waals surface area contributed by atoms with Crippen molar-refractivity contribution in [3.8, 4) is 5.75 Å². The van der Waals surface area contributed by atoms with Gasteiger partial charge in [0.05, 0.1) is 42.2 Å². The van der Waals surface area contributed by atoms with Crippen LogP contribution in [0.15, 0.2) is 47.4 Å². The Labute approximate surface area is 184 Å². The number of hydrogen-bond donors (Lipinski definition) is 2. The number of nitrogens with one attached hydrogen (secondary N) is 2. The van der Waals surface area contributed by atoms with Crippen LogP contribution in [0.5, 0.6) is 5.75 Å². The normalized spacial score (nSPS) is 12.8. The van der Waals surface area contributed by atoms with E-state index in [9.17, 15) is 9.59 Å². The monoisotopic (exact) mass is 437 g/mol. The highest BCUT2D eigenvalue weighted by molar-refractivity contribution is 7.07. The highest BCUT2D eigenvalue weighted by Gasteiger charge is 2.26. The standard InChI is InChI=1S/C22H23N5O3S/c1-2-3-7-30-18-6-4-5-16(9-18)26-22(29)15-8-19-21(23-10-15)24-11-20(28)27(19)12-17-13-31-14-25-17/h4-6,8-10,13-14H,2-3,7,11-12H2,1H3,(H,23,24)(H,26,29). The molecule has 3 heterocycles. The fourth-order valence-corrected chi connectivity index (χ4v) is 3.71. The molecule has 4 rings (SSSR count). The number of nitrogens with zero attached hydrogens (tertiary/aromatic N) is 3. The molecule has 0 fully saturated rings. The average molecular weight is 438 g/mol. The van der Waals surface area contributed by atoms with E-state index in [-0.39, 0.29) is 18.4 Å². The number of thiazole rings is 1. The predicted molar refractivity (Wildman–Crippen MR) is 121 cm³/mol. The van der Waals surface area contributed by atoms with Crippen LogP contribution in [0.1, 0.15) is 35.8 Å². The van der Waals surface area contributed by atoms with E-state index in [2.05, 4.69) is 27.5 Å². The van der Waals surface area contributed by atoms with Gasteiger partial charge in [-0.3, -0.25) is 9.59 Å². The van der Waals surface area contributed by atoms with E-state index in [4.69, 9.17) is 4.74 Å². The first-order chi connectivity index (χ1) is 15.1. The van der Waals surface area contributed by atoms with Crippen LogP contribution < -0.4 is 20.3 Å². The molecule has 3 aromatic rings. The summed E-state index contributed by atoms with van der Waals surface area (Å²) in [5.74, 6) is 0.862. The predicted octanol–water partition coefficient (Wildman–Crippen LogP) is 3.93. The van der Waals surface area contributed by atoms with Crippen molar-refractivity contribution in [2.75, 3.05) is 28.7 Å². The van der Waals surface area contributed by atoms with E-state index >= 15 is 0 Å². The molecular weight excluding hydrogens is 414 g/mol. The van der Waals surface area contributed by atoms with Gasteiger partial charge in [0.2, 0.25) is 5.91 Å². The van der Waals surface area contributed by atoms with Gasteiger partial charge < -0.3 is 20.3 Å². The quantitative estimate of drug-likeness (QED) is 0.519. The number of amides is 2. The van der Waals surface area contributed by atoms with Crippen molar-refractivity contribution in [3.05, 3.63) is 58.7 Å². The minimum Gasteiger partial charge on any atom is -0.494 e. The second-order valence-electron chi connectivity index (χ2n) is 7.09. The SMILES string of the molecule is CCCCOc1cccc(NC(=O)c2cnc3c(c2)N(Cc2cscn2)C(=O)CN3)c1. The Kier molecular flexibility index (Phi) is 6.42. The Morgan fingerprint density at radius 3 is 3.03 bits per heavy atom. The third-order valence-corrected chi connectivity index (χ3v) is 5.43. The highest BCUT2D eigenvalue weighted by Crippen LogP contribution is 2.30. The number of hydrogen-bond acceptors (Lipinski definition) is 7. The lowest BCUT2D eigenvalue weighted by molar-refractivity contribution is -0.117. The summed E-state index contributed by atoms with van der Waals surface area (Å²) in [6.45, 7) is 3.23. The van der Waals surface area contributed by atoms with Crippen molar-refractivity contribution in [3.63, 3.8) is 0 Å². The molecule has 160 valence electrons. The average Bonchev–Trinajstić information content (AvgIpc) is 3.29. The molecule has 8 nitrogen and oxygen atoms in total. The van der Waals surface area contributed by atoms with Gasteiger partial charge in [0.1, 0.15) is 5.75 Å². The molecule has 2 N–H and O–H groups in total. The third-order valence-electron chi connectivity index (χ3n) is 4.79. The molecular formula is C22H23N5O3S. The van der Waals surface area contributed by atoms with E-state index in [0.29, 0.717) is 41.7 Å². The van der Waals surface area contributed by atoms with E-state index < -0.39 is 0 Å². The van der Waals surface area contributed by atoms with Crippen LogP contribution in [0, 0.1) is 0 Å². The van der Waals surface area contributed by atoms with Crippen LogP contribution in [0.4, 0.5) is 17.2 Å². The largest absolute Gasteiger partial charge is 0.494 e. The molecule has 31 heavy (non-hydrogen) atoms. The minimum atomic E-state index is -0.312. The molecule has 1 aliphatic rings. The molecule has 0 saturated carbocycles. The maximum atomic E-state index is 12.9. The second kappa shape index (κ2) is 9.57. The second-order valence-corrected chi connectivity index (χ2v) is 7.81. The molecule has 0 spiro atoms. The molecule has 1 aromatic carbocycles. The number of pyridine rings is 1. The van der Waals surface area contributed by atoms with Crippen molar-refractivity contribution >= 4 is 40.3 Å². The Balaban J connectivity index is 1.51. The number of ether oxygens (including phenoxy) is 1. The van der Waals surface area contributed by atoms with E-state index in [1.54, 1.807) is 28.6 Å². The molecule has 0 aliphatic carbocycles. The van der Waals surface area contributed by atoms with E-state index in [1.165, 1.54) is 17.5 Å². The Hall–Kier alpha value is -3.46. The molecule has 0 saturated heterocycles. The summed E-state index contributed by atoms with van der Waals surface area (Å²) in [6.07, 6.45) is 3.53. The van der Waals surface area contributed by atoms with Crippen LogP contribution in [0.2, 0.25) is 0 Å². The molecule has 2 amide bonds. The van der Waals surface area contributed by atoms with Gasteiger partial charge in [-0.2, -0.15) is 0 Å². The number of carbonyl (C=O) groups is 2. The first-order valence-electron chi connectivity index (χ1n) is 10.1. The Morgan fingerprint density at radius 2 is 2.23 bits per heavy atom. The number of fused-ring (bicyclic) bond motifs is 1. The van der Waals surface area contributed by atoms with Crippen molar-refractivity contribution < 1.29 is 14.3 Å². The third kappa shape index (κ3) is 5.00. The van der Waals surface area contributed by atoms with Crippen molar-refractivity contribution in [2.24, 2.45) is 0 Å². The molecule has 0 atom stereocenters. The van der Waals surface area contributed by atoms with Crippen molar-refractivity contribution in [1.29, 1.82) is 0 Å². The van der Waals surface area contributed by atoms with Crippen LogP contribution >= 0.6 is 11.3 Å². The van der Waals surface area contributed by atoms with Crippen molar-refractivity contribution in [2.45, 2.75) is 26.3 Å². The number of unbranched alkanes of at least 4 members (excludes halogenated alkanes) is 1. The van der Waals surface area contributed by atoms with E-state index in [1.807, 2.05) is 17.5 Å². The summed E-state index contributed by atoms with van der Waals surface area (Å²) < 4.78 is 5.70. The summed E-state index contributed by atoms with van der Waals surface area (Å²) in [6, 6.07) is 8.96.